The number of sulfone groups is 1. The average Bonchev–Trinajstić information content (AvgIpc) is 1.25. The molecule has 0 spiro atoms. The zero-order valence-electron chi connectivity index (χ0n) is 4.86. The van der Waals surface area contributed by atoms with Crippen LogP contribution in [0, 0.1) is 0 Å². The molecule has 0 amide bonds. The van der Waals surface area contributed by atoms with E-state index < -0.39 is 15.3 Å². The smallest absolute Gasteiger partial charge is 0.220 e. The molecule has 1 radical (unpaired) electrons. The van der Waals surface area contributed by atoms with Gasteiger partial charge >= 0.3 is 5.51 Å². The average molecular weight is 155 g/mol. The third kappa shape index (κ3) is 3.84. The zero-order valence-corrected chi connectivity index (χ0v) is 5.68. The molecule has 0 aliphatic rings. The molecule has 0 aliphatic carbocycles. The Labute approximate surface area is 62.5 Å². The standard InChI is InChI=1S/C2H3F3O2S.Li/c1-8(6,7)2(3,4)5;/h1H3;. The first kappa shape index (κ1) is 12.1. The van der Waals surface area contributed by atoms with Crippen molar-refractivity contribution in [2.24, 2.45) is 0 Å². The predicted molar refractivity (Wildman–Crippen MR) is 26.7 cm³/mol. The number of hydrogen-bond donors (Lipinski definition) is 0. The van der Waals surface area contributed by atoms with Gasteiger partial charge in [0.05, 0.1) is 0 Å². The molecule has 0 atom stereocenters. The molecule has 2 nitrogen and oxygen atoms in total. The van der Waals surface area contributed by atoms with Crippen LogP contribution < -0.4 is 0 Å². The summed E-state index contributed by atoms with van der Waals surface area (Å²) < 4.78 is 52.0. The fourth-order valence-corrected chi connectivity index (χ4v) is 0. The maximum Gasteiger partial charge on any atom is 0.497 e. The van der Waals surface area contributed by atoms with Crippen LogP contribution in [0.4, 0.5) is 13.2 Å². The van der Waals surface area contributed by atoms with Crippen molar-refractivity contribution in [2.75, 3.05) is 6.26 Å². The van der Waals surface area contributed by atoms with Crippen LogP contribution in [-0.4, -0.2) is 39.0 Å². The molecule has 0 heterocycles. The van der Waals surface area contributed by atoms with Crippen LogP contribution in [0.1, 0.15) is 0 Å². The van der Waals surface area contributed by atoms with Crippen molar-refractivity contribution in [3.63, 3.8) is 0 Å². The van der Waals surface area contributed by atoms with Gasteiger partial charge < -0.3 is 0 Å². The van der Waals surface area contributed by atoms with Crippen LogP contribution in [-0.2, 0) is 9.84 Å². The van der Waals surface area contributed by atoms with E-state index in [2.05, 4.69) is 0 Å². The van der Waals surface area contributed by atoms with Crippen molar-refractivity contribution in [1.29, 1.82) is 0 Å². The summed E-state index contributed by atoms with van der Waals surface area (Å²) in [6.45, 7) is 0. The number of hydrogen-bond acceptors (Lipinski definition) is 2. The van der Waals surface area contributed by atoms with Gasteiger partial charge in [-0.3, -0.25) is 0 Å². The van der Waals surface area contributed by atoms with Crippen LogP contribution in [0.5, 0.6) is 0 Å². The molecule has 0 aromatic heterocycles. The van der Waals surface area contributed by atoms with Crippen LogP contribution in [0.15, 0.2) is 0 Å². The first-order chi connectivity index (χ1) is 3.25. The van der Waals surface area contributed by atoms with E-state index in [0.29, 0.717) is 0 Å². The van der Waals surface area contributed by atoms with Gasteiger partial charge in [0.25, 0.3) is 0 Å². The second kappa shape index (κ2) is 2.95. The summed E-state index contributed by atoms with van der Waals surface area (Å²) in [6.07, 6.45) is 0.118. The molecule has 0 unspecified atom stereocenters. The minimum Gasteiger partial charge on any atom is -0.220 e. The fourth-order valence-electron chi connectivity index (χ4n) is 0. The molecule has 51 valence electrons. The minimum absolute atomic E-state index is 0. The van der Waals surface area contributed by atoms with Crippen LogP contribution in [0.25, 0.3) is 0 Å². The van der Waals surface area contributed by atoms with Gasteiger partial charge in [-0.15, -0.1) is 0 Å². The van der Waals surface area contributed by atoms with Gasteiger partial charge in [-0.1, -0.05) is 0 Å². The van der Waals surface area contributed by atoms with E-state index in [1.165, 1.54) is 0 Å². The van der Waals surface area contributed by atoms with Crippen molar-refractivity contribution < 1.29 is 21.6 Å². The third-order valence-corrected chi connectivity index (χ3v) is 1.26. The normalized spacial score (nSPS) is 12.4. The van der Waals surface area contributed by atoms with Crippen molar-refractivity contribution in [3.8, 4) is 0 Å². The first-order valence-electron chi connectivity index (χ1n) is 1.51. The Morgan fingerprint density at radius 3 is 1.33 bits per heavy atom. The SMILES string of the molecule is CS(=O)(=O)C(F)(F)F.[Li]. The van der Waals surface area contributed by atoms with Crippen molar-refractivity contribution in [3.05, 3.63) is 0 Å². The molecule has 9 heavy (non-hydrogen) atoms. The summed E-state index contributed by atoms with van der Waals surface area (Å²) in [5.41, 5.74) is -5.09. The third-order valence-electron chi connectivity index (χ3n) is 0.420. The maximum atomic E-state index is 11.0. The molecule has 0 saturated carbocycles. The Kier molecular flexibility index (Phi) is 3.95. The Bertz CT molecular complexity index is 169. The number of rotatable bonds is 0. The van der Waals surface area contributed by atoms with E-state index in [1.54, 1.807) is 0 Å². The summed E-state index contributed by atoms with van der Waals surface area (Å²) in [5, 5.41) is 0. The summed E-state index contributed by atoms with van der Waals surface area (Å²) >= 11 is 0. The van der Waals surface area contributed by atoms with Crippen LogP contribution in [0.3, 0.4) is 0 Å². The van der Waals surface area contributed by atoms with Crippen LogP contribution in [0.2, 0.25) is 0 Å². The Hall–Kier alpha value is 0.337. The van der Waals surface area contributed by atoms with Gasteiger partial charge in [0.1, 0.15) is 0 Å². The van der Waals surface area contributed by atoms with E-state index in [4.69, 9.17) is 0 Å². The van der Waals surface area contributed by atoms with Crippen molar-refractivity contribution in [1.82, 2.24) is 0 Å². The van der Waals surface area contributed by atoms with E-state index in [-0.39, 0.29) is 25.1 Å². The molecule has 0 aromatic rings. The molecule has 0 aliphatic heterocycles. The molecule has 0 bridgehead atoms. The largest absolute Gasteiger partial charge is 0.497 e. The molecule has 0 N–H and O–H groups in total. The van der Waals surface area contributed by atoms with E-state index >= 15 is 0 Å². The quantitative estimate of drug-likeness (QED) is 0.467. The summed E-state index contributed by atoms with van der Waals surface area (Å²) in [4.78, 5) is 0. The van der Waals surface area contributed by atoms with Gasteiger partial charge in [0, 0.05) is 25.1 Å². The maximum absolute atomic E-state index is 11.0. The molecule has 0 fully saturated rings. The molecule has 0 rings (SSSR count). The predicted octanol–water partition coefficient (Wildman–Crippen LogP) is 0.170. The van der Waals surface area contributed by atoms with Gasteiger partial charge in [-0.25, -0.2) is 8.42 Å². The van der Waals surface area contributed by atoms with Gasteiger partial charge in [0.15, 0.2) is 0 Å². The Balaban J connectivity index is 0. The van der Waals surface area contributed by atoms with Crippen molar-refractivity contribution in [2.45, 2.75) is 5.51 Å². The molecule has 7 heteroatoms. The Morgan fingerprint density at radius 1 is 1.22 bits per heavy atom. The second-order valence-corrected chi connectivity index (χ2v) is 3.23. The van der Waals surface area contributed by atoms with Gasteiger partial charge in [0.2, 0.25) is 9.84 Å². The van der Waals surface area contributed by atoms with Gasteiger partial charge in [-0.05, 0) is 0 Å². The molecule has 0 saturated heterocycles. The monoisotopic (exact) mass is 155 g/mol. The first-order valence-corrected chi connectivity index (χ1v) is 3.40. The van der Waals surface area contributed by atoms with Crippen molar-refractivity contribution >= 4 is 28.7 Å². The van der Waals surface area contributed by atoms with E-state index in [9.17, 15) is 21.6 Å². The number of alkyl halides is 3. The fraction of sp³-hybridized carbons (Fsp3) is 1.00. The topological polar surface area (TPSA) is 34.1 Å². The summed E-state index contributed by atoms with van der Waals surface area (Å²) in [5.74, 6) is 0. The van der Waals surface area contributed by atoms with Crippen LogP contribution >= 0.6 is 0 Å². The molecular formula is C2H3F3LiO2S. The van der Waals surface area contributed by atoms with Gasteiger partial charge in [-0.2, -0.15) is 13.2 Å². The summed E-state index contributed by atoms with van der Waals surface area (Å²) in [7, 11) is -4.84. The molecule has 0 aromatic carbocycles. The number of halogens is 3. The zero-order chi connectivity index (χ0) is 7.00. The summed E-state index contributed by atoms with van der Waals surface area (Å²) in [6, 6.07) is 0. The Morgan fingerprint density at radius 2 is 1.33 bits per heavy atom. The molecular weight excluding hydrogens is 152 g/mol. The minimum atomic E-state index is -5.09. The van der Waals surface area contributed by atoms with E-state index in [1.807, 2.05) is 0 Å². The van der Waals surface area contributed by atoms with E-state index in [0.717, 1.165) is 0 Å². The second-order valence-electron chi connectivity index (χ2n) is 1.22.